The number of halogens is 1. The van der Waals surface area contributed by atoms with Crippen molar-refractivity contribution in [3.05, 3.63) is 92.3 Å². The molecular formula is C25H22BrN5S. The molecule has 160 valence electrons. The molecule has 0 amide bonds. The lowest BCUT2D eigenvalue weighted by Gasteiger charge is -2.25. The van der Waals surface area contributed by atoms with Gasteiger partial charge in [-0.15, -0.1) is 10.2 Å². The van der Waals surface area contributed by atoms with Gasteiger partial charge >= 0.3 is 0 Å². The third-order valence-electron chi connectivity index (χ3n) is 5.80. The molecule has 1 aromatic heterocycles. The van der Waals surface area contributed by atoms with E-state index in [0.29, 0.717) is 17.9 Å². The van der Waals surface area contributed by atoms with Gasteiger partial charge in [0.1, 0.15) is 22.5 Å². The zero-order chi connectivity index (χ0) is 21.9. The number of allylic oxidation sites excluding steroid dienone is 1. The minimum Gasteiger partial charge on any atom is -0.329 e. The molecule has 3 aromatic rings. The molecule has 0 aliphatic carbocycles. The molecule has 0 spiro atoms. The smallest absolute Gasteiger partial charge is 0.177 e. The maximum absolute atomic E-state index is 10.2. The molecule has 5 rings (SSSR count). The van der Waals surface area contributed by atoms with Crippen LogP contribution in [0.25, 0.3) is 11.3 Å². The summed E-state index contributed by atoms with van der Waals surface area (Å²) in [7, 11) is 0. The minimum atomic E-state index is 0.593. The summed E-state index contributed by atoms with van der Waals surface area (Å²) in [5, 5.41) is 22.2. The summed E-state index contributed by atoms with van der Waals surface area (Å²) >= 11 is 5.12. The molecule has 32 heavy (non-hydrogen) atoms. The molecule has 0 saturated heterocycles. The summed E-state index contributed by atoms with van der Waals surface area (Å²) in [6, 6.07) is 21.1. The molecule has 0 fully saturated rings. The average Bonchev–Trinajstić information content (AvgIpc) is 3.32. The molecule has 0 N–H and O–H groups in total. The van der Waals surface area contributed by atoms with Gasteiger partial charge in [0.2, 0.25) is 0 Å². The van der Waals surface area contributed by atoms with Crippen molar-refractivity contribution in [2.75, 3.05) is 0 Å². The van der Waals surface area contributed by atoms with Crippen molar-refractivity contribution in [3.63, 3.8) is 0 Å². The number of aromatic nitrogens is 3. The molecule has 5 nitrogen and oxygen atoms in total. The Kier molecular flexibility index (Phi) is 6.15. The molecule has 0 radical (unpaired) electrons. The Morgan fingerprint density at radius 1 is 1.03 bits per heavy atom. The van der Waals surface area contributed by atoms with Gasteiger partial charge in [-0.1, -0.05) is 76.6 Å². The second-order valence-corrected chi connectivity index (χ2v) is 9.67. The summed E-state index contributed by atoms with van der Waals surface area (Å²) in [5.74, 6) is 1.68. The predicted octanol–water partition coefficient (Wildman–Crippen LogP) is 6.21. The SMILES string of the molecule is N#C/C(=C1/SC=C(c2ccc(Br)cc2)N1Cc1ccccc1)c1nnc2n1CCCCC2. The predicted molar refractivity (Wildman–Crippen MR) is 132 cm³/mol. The fraction of sp³-hybridized carbons (Fsp3) is 0.240. The molecule has 3 heterocycles. The van der Waals surface area contributed by atoms with Crippen LogP contribution >= 0.6 is 27.7 Å². The van der Waals surface area contributed by atoms with Gasteiger partial charge in [-0.3, -0.25) is 0 Å². The minimum absolute atomic E-state index is 0.593. The van der Waals surface area contributed by atoms with Crippen molar-refractivity contribution < 1.29 is 0 Å². The Hall–Kier alpha value is -2.82. The van der Waals surface area contributed by atoms with Crippen LogP contribution in [0.3, 0.4) is 0 Å². The number of rotatable bonds is 4. The first-order valence-corrected chi connectivity index (χ1v) is 12.4. The summed E-state index contributed by atoms with van der Waals surface area (Å²) in [6.07, 6.45) is 4.33. The number of hydrogen-bond acceptors (Lipinski definition) is 5. The fourth-order valence-corrected chi connectivity index (χ4v) is 5.47. The number of fused-ring (bicyclic) bond motifs is 1. The zero-order valence-corrected chi connectivity index (χ0v) is 19.9. The second kappa shape index (κ2) is 9.35. The van der Waals surface area contributed by atoms with Crippen LogP contribution in [0.1, 0.15) is 42.0 Å². The number of nitriles is 1. The normalized spacial score (nSPS) is 17.4. The highest BCUT2D eigenvalue weighted by atomic mass is 79.9. The van der Waals surface area contributed by atoms with Gasteiger partial charge in [0.25, 0.3) is 0 Å². The van der Waals surface area contributed by atoms with Gasteiger partial charge in [-0.2, -0.15) is 5.26 Å². The maximum atomic E-state index is 10.2. The number of thioether (sulfide) groups is 1. The Balaban J connectivity index is 1.60. The molecule has 0 unspecified atom stereocenters. The van der Waals surface area contributed by atoms with Gasteiger partial charge in [0.15, 0.2) is 5.82 Å². The van der Waals surface area contributed by atoms with E-state index in [1.54, 1.807) is 11.8 Å². The molecule has 0 saturated carbocycles. The molecule has 2 aromatic carbocycles. The van der Waals surface area contributed by atoms with Crippen molar-refractivity contribution in [2.45, 2.75) is 38.8 Å². The van der Waals surface area contributed by atoms with Crippen molar-refractivity contribution in [3.8, 4) is 6.07 Å². The van der Waals surface area contributed by atoms with Gasteiger partial charge in [-0.25, -0.2) is 0 Å². The summed E-state index contributed by atoms with van der Waals surface area (Å²) in [5.41, 5.74) is 3.98. The van der Waals surface area contributed by atoms with Gasteiger partial charge < -0.3 is 9.47 Å². The summed E-state index contributed by atoms with van der Waals surface area (Å²) in [4.78, 5) is 2.24. The van der Waals surface area contributed by atoms with Gasteiger partial charge in [0.05, 0.1) is 5.70 Å². The number of nitrogens with zero attached hydrogens (tertiary/aromatic N) is 5. The van der Waals surface area contributed by atoms with Crippen molar-refractivity contribution in [1.29, 1.82) is 5.26 Å². The van der Waals surface area contributed by atoms with Crippen LogP contribution in [0.2, 0.25) is 0 Å². The standard InChI is InChI=1S/C25H22BrN5S/c26-20-12-10-19(11-13-20)22-17-32-25(31(22)16-18-7-3-1-4-8-18)21(15-27)24-29-28-23-9-5-2-6-14-30(23)24/h1,3-4,7-8,10-13,17H,2,5-6,9,14,16H2/b25-21-. The van der Waals surface area contributed by atoms with Crippen LogP contribution in [-0.4, -0.2) is 19.7 Å². The highest BCUT2D eigenvalue weighted by Crippen LogP contribution is 2.44. The van der Waals surface area contributed by atoms with Crippen molar-refractivity contribution in [2.24, 2.45) is 0 Å². The molecule has 7 heteroatoms. The fourth-order valence-electron chi connectivity index (χ4n) is 4.17. The van der Waals surface area contributed by atoms with Gasteiger partial charge in [-0.05, 0) is 36.1 Å². The van der Waals surface area contributed by atoms with E-state index in [-0.39, 0.29) is 0 Å². The first kappa shape index (κ1) is 21.0. The molecular weight excluding hydrogens is 482 g/mol. The van der Waals surface area contributed by atoms with E-state index >= 15 is 0 Å². The lowest BCUT2D eigenvalue weighted by atomic mass is 10.1. The Bertz CT molecular complexity index is 1220. The van der Waals surface area contributed by atoms with Gasteiger partial charge in [0, 0.05) is 29.4 Å². The average molecular weight is 504 g/mol. The van der Waals surface area contributed by atoms with Crippen LogP contribution in [-0.2, 0) is 19.5 Å². The first-order chi connectivity index (χ1) is 15.7. The Labute approximate surface area is 200 Å². The third kappa shape index (κ3) is 4.13. The largest absolute Gasteiger partial charge is 0.329 e. The van der Waals surface area contributed by atoms with E-state index in [1.807, 2.05) is 18.2 Å². The number of benzene rings is 2. The van der Waals surface area contributed by atoms with Crippen LogP contribution < -0.4 is 0 Å². The molecule has 2 aliphatic heterocycles. The van der Waals surface area contributed by atoms with E-state index in [1.165, 1.54) is 12.0 Å². The maximum Gasteiger partial charge on any atom is 0.177 e. The van der Waals surface area contributed by atoms with E-state index in [9.17, 15) is 5.26 Å². The zero-order valence-electron chi connectivity index (χ0n) is 17.5. The Morgan fingerprint density at radius 3 is 2.62 bits per heavy atom. The highest BCUT2D eigenvalue weighted by molar-refractivity contribution is 9.10. The number of aryl methyl sites for hydroxylation is 1. The quantitative estimate of drug-likeness (QED) is 0.396. The Morgan fingerprint density at radius 2 is 1.84 bits per heavy atom. The van der Waals surface area contributed by atoms with E-state index in [4.69, 9.17) is 0 Å². The van der Waals surface area contributed by atoms with E-state index < -0.39 is 0 Å². The van der Waals surface area contributed by atoms with E-state index in [0.717, 1.165) is 52.4 Å². The first-order valence-electron chi connectivity index (χ1n) is 10.8. The molecule has 0 bridgehead atoms. The van der Waals surface area contributed by atoms with Crippen LogP contribution in [0, 0.1) is 11.3 Å². The molecule has 2 aliphatic rings. The lowest BCUT2D eigenvalue weighted by molar-refractivity contribution is 0.521. The highest BCUT2D eigenvalue weighted by Gasteiger charge is 2.29. The van der Waals surface area contributed by atoms with Crippen LogP contribution in [0.4, 0.5) is 0 Å². The van der Waals surface area contributed by atoms with Crippen molar-refractivity contribution in [1.82, 2.24) is 19.7 Å². The summed E-state index contributed by atoms with van der Waals surface area (Å²) in [6.45, 7) is 1.55. The second-order valence-electron chi connectivity index (χ2n) is 7.89. The lowest BCUT2D eigenvalue weighted by Crippen LogP contribution is -2.18. The van der Waals surface area contributed by atoms with E-state index in [2.05, 4.69) is 83.5 Å². The molecule has 0 atom stereocenters. The van der Waals surface area contributed by atoms with Crippen molar-refractivity contribution >= 4 is 39.0 Å². The third-order valence-corrected chi connectivity index (χ3v) is 7.32. The number of hydrogen-bond donors (Lipinski definition) is 0. The van der Waals surface area contributed by atoms with Crippen LogP contribution in [0.5, 0.6) is 0 Å². The van der Waals surface area contributed by atoms with Crippen LogP contribution in [0.15, 0.2) is 69.5 Å². The topological polar surface area (TPSA) is 57.7 Å². The monoisotopic (exact) mass is 503 g/mol. The summed E-state index contributed by atoms with van der Waals surface area (Å²) < 4.78 is 3.19.